The maximum Gasteiger partial charge on any atom is 0.433 e. The van der Waals surface area contributed by atoms with E-state index in [4.69, 9.17) is 4.74 Å². The SMILES string of the molecule is CC1CC(O)(c2ccc(C(F)(F)F)nc2)CC(COc2cc(C(F)(F)F)c3c(c2)c(F)nn3CC(C)(C)O)N1. The number of benzene rings is 1. The molecule has 2 aromatic heterocycles. The monoisotopic (exact) mass is 564 g/mol. The van der Waals surface area contributed by atoms with Crippen LogP contribution >= 0.6 is 0 Å². The van der Waals surface area contributed by atoms with E-state index in [1.54, 1.807) is 6.92 Å². The average Bonchev–Trinajstić information content (AvgIpc) is 3.09. The van der Waals surface area contributed by atoms with Gasteiger partial charge in [0.1, 0.15) is 18.1 Å². The minimum atomic E-state index is -4.89. The second-order valence-electron chi connectivity index (χ2n) is 10.6. The van der Waals surface area contributed by atoms with Gasteiger partial charge in [-0.15, -0.1) is 5.10 Å². The van der Waals surface area contributed by atoms with Gasteiger partial charge in [0.15, 0.2) is 0 Å². The predicted molar refractivity (Wildman–Crippen MR) is 125 cm³/mol. The molecule has 14 heteroatoms. The van der Waals surface area contributed by atoms with E-state index < -0.39 is 64.2 Å². The van der Waals surface area contributed by atoms with E-state index in [9.17, 15) is 40.9 Å². The zero-order valence-corrected chi connectivity index (χ0v) is 21.2. The number of piperidine rings is 1. The van der Waals surface area contributed by atoms with E-state index in [-0.39, 0.29) is 36.8 Å². The van der Waals surface area contributed by atoms with Crippen LogP contribution in [0.2, 0.25) is 0 Å². The molecule has 214 valence electrons. The van der Waals surface area contributed by atoms with Gasteiger partial charge in [-0.25, -0.2) is 0 Å². The summed E-state index contributed by atoms with van der Waals surface area (Å²) in [6, 6.07) is 2.75. The Morgan fingerprint density at radius 2 is 1.79 bits per heavy atom. The maximum atomic E-state index is 14.6. The molecule has 3 atom stereocenters. The quantitative estimate of drug-likeness (QED) is 0.373. The molecule has 3 unspecified atom stereocenters. The van der Waals surface area contributed by atoms with E-state index in [1.165, 1.54) is 13.8 Å². The summed E-state index contributed by atoms with van der Waals surface area (Å²) in [5.41, 5.74) is -5.72. The number of nitrogens with zero attached hydrogens (tertiary/aromatic N) is 3. The fourth-order valence-electron chi connectivity index (χ4n) is 4.93. The molecular formula is C25H27F7N4O3. The Hall–Kier alpha value is -2.97. The van der Waals surface area contributed by atoms with Crippen LogP contribution in [0.1, 0.15) is 50.4 Å². The third-order valence-corrected chi connectivity index (χ3v) is 6.41. The van der Waals surface area contributed by atoms with Gasteiger partial charge in [-0.05, 0) is 51.8 Å². The molecule has 0 radical (unpaired) electrons. The van der Waals surface area contributed by atoms with Gasteiger partial charge in [0, 0.05) is 23.8 Å². The molecule has 0 spiro atoms. The first-order chi connectivity index (χ1) is 17.9. The molecule has 1 fully saturated rings. The first-order valence-electron chi connectivity index (χ1n) is 12.0. The van der Waals surface area contributed by atoms with Crippen molar-refractivity contribution < 1.29 is 45.7 Å². The van der Waals surface area contributed by atoms with Crippen LogP contribution in [0.25, 0.3) is 10.9 Å². The molecule has 0 bridgehead atoms. The predicted octanol–water partition coefficient (Wildman–Crippen LogP) is 4.79. The average molecular weight is 565 g/mol. The van der Waals surface area contributed by atoms with Crippen molar-refractivity contribution in [1.29, 1.82) is 0 Å². The molecule has 0 amide bonds. The normalized spacial score (nSPS) is 22.9. The molecule has 3 heterocycles. The van der Waals surface area contributed by atoms with E-state index in [1.807, 2.05) is 0 Å². The van der Waals surface area contributed by atoms with Gasteiger partial charge in [-0.3, -0.25) is 9.67 Å². The van der Waals surface area contributed by atoms with Crippen molar-refractivity contribution in [2.24, 2.45) is 0 Å². The van der Waals surface area contributed by atoms with Crippen molar-refractivity contribution in [3.63, 3.8) is 0 Å². The maximum absolute atomic E-state index is 14.6. The zero-order chi connectivity index (χ0) is 29.0. The van der Waals surface area contributed by atoms with Crippen LogP contribution in [0, 0.1) is 5.95 Å². The van der Waals surface area contributed by atoms with Gasteiger partial charge in [0.25, 0.3) is 0 Å². The van der Waals surface area contributed by atoms with Crippen LogP contribution in [0.3, 0.4) is 0 Å². The van der Waals surface area contributed by atoms with Crippen molar-refractivity contribution in [1.82, 2.24) is 20.1 Å². The molecule has 4 rings (SSSR count). The summed E-state index contributed by atoms with van der Waals surface area (Å²) >= 11 is 0. The van der Waals surface area contributed by atoms with Gasteiger partial charge < -0.3 is 20.3 Å². The minimum absolute atomic E-state index is 0.0311. The summed E-state index contributed by atoms with van der Waals surface area (Å²) in [6.07, 6.45) is -8.46. The minimum Gasteiger partial charge on any atom is -0.492 e. The van der Waals surface area contributed by atoms with Gasteiger partial charge in [-0.2, -0.15) is 30.7 Å². The molecular weight excluding hydrogens is 537 g/mol. The topological polar surface area (TPSA) is 92.4 Å². The summed E-state index contributed by atoms with van der Waals surface area (Å²) in [6.45, 7) is 3.81. The zero-order valence-electron chi connectivity index (χ0n) is 21.2. The Bertz CT molecular complexity index is 1330. The largest absolute Gasteiger partial charge is 0.492 e. The van der Waals surface area contributed by atoms with Crippen LogP contribution in [-0.4, -0.2) is 49.3 Å². The second-order valence-corrected chi connectivity index (χ2v) is 10.6. The third kappa shape index (κ3) is 6.44. The molecule has 39 heavy (non-hydrogen) atoms. The Balaban J connectivity index is 1.59. The molecule has 0 aliphatic carbocycles. The molecule has 0 saturated carbocycles. The number of aromatic nitrogens is 3. The highest BCUT2D eigenvalue weighted by Gasteiger charge is 2.41. The van der Waals surface area contributed by atoms with Crippen LogP contribution in [0.4, 0.5) is 30.7 Å². The number of fused-ring (bicyclic) bond motifs is 1. The summed E-state index contributed by atoms with van der Waals surface area (Å²) in [5.74, 6) is -1.46. The molecule has 1 aliphatic heterocycles. The third-order valence-electron chi connectivity index (χ3n) is 6.41. The van der Waals surface area contributed by atoms with Crippen LogP contribution in [0.5, 0.6) is 5.75 Å². The number of nitrogens with one attached hydrogen (secondary N) is 1. The van der Waals surface area contributed by atoms with E-state index in [0.29, 0.717) is 6.07 Å². The Kier molecular flexibility index (Phi) is 7.36. The number of rotatable bonds is 6. The summed E-state index contributed by atoms with van der Waals surface area (Å²) < 4.78 is 101. The standard InChI is InChI=1S/C25H27F7N4O3/c1-13-8-23(38,14-4-5-19(33-10-14)25(30,31)32)9-15(34-13)11-39-16-6-17-20(18(7-16)24(27,28)29)36(35-21(17)26)12-22(2,3)37/h4-7,10,13,15,34,37-38H,8-9,11-12H2,1-3H3. The lowest BCUT2D eigenvalue weighted by Crippen LogP contribution is -2.53. The van der Waals surface area contributed by atoms with Gasteiger partial charge in [-0.1, -0.05) is 6.07 Å². The Morgan fingerprint density at radius 1 is 1.10 bits per heavy atom. The first kappa shape index (κ1) is 29.0. The van der Waals surface area contributed by atoms with Crippen LogP contribution in [-0.2, 0) is 24.5 Å². The van der Waals surface area contributed by atoms with Crippen molar-refractivity contribution in [2.45, 2.75) is 75.8 Å². The Labute approximate surface area is 218 Å². The van der Waals surface area contributed by atoms with Crippen LogP contribution < -0.4 is 10.1 Å². The molecule has 3 aromatic rings. The number of hydrogen-bond donors (Lipinski definition) is 3. The Morgan fingerprint density at radius 3 is 2.36 bits per heavy atom. The van der Waals surface area contributed by atoms with Crippen molar-refractivity contribution >= 4 is 10.9 Å². The first-order valence-corrected chi connectivity index (χ1v) is 12.0. The lowest BCUT2D eigenvalue weighted by molar-refractivity contribution is -0.141. The fraction of sp³-hybridized carbons (Fsp3) is 0.520. The molecule has 1 aliphatic rings. The van der Waals surface area contributed by atoms with Gasteiger partial charge >= 0.3 is 12.4 Å². The number of hydrogen-bond acceptors (Lipinski definition) is 6. The van der Waals surface area contributed by atoms with Gasteiger partial charge in [0.05, 0.1) is 34.2 Å². The number of pyridine rings is 1. The number of alkyl halides is 6. The summed E-state index contributed by atoms with van der Waals surface area (Å²) in [4.78, 5) is 3.41. The molecule has 1 aromatic carbocycles. The van der Waals surface area contributed by atoms with Crippen molar-refractivity contribution in [3.05, 3.63) is 53.2 Å². The molecule has 3 N–H and O–H groups in total. The smallest absolute Gasteiger partial charge is 0.433 e. The van der Waals surface area contributed by atoms with Crippen molar-refractivity contribution in [2.75, 3.05) is 6.61 Å². The van der Waals surface area contributed by atoms with E-state index in [0.717, 1.165) is 29.1 Å². The summed E-state index contributed by atoms with van der Waals surface area (Å²) in [5, 5.41) is 27.5. The number of ether oxygens (including phenoxy) is 1. The number of aliphatic hydroxyl groups is 2. The highest BCUT2D eigenvalue weighted by atomic mass is 19.4. The highest BCUT2D eigenvalue weighted by molar-refractivity contribution is 5.85. The lowest BCUT2D eigenvalue weighted by atomic mass is 9.79. The van der Waals surface area contributed by atoms with E-state index >= 15 is 0 Å². The highest BCUT2D eigenvalue weighted by Crippen LogP contribution is 2.40. The van der Waals surface area contributed by atoms with Crippen molar-refractivity contribution in [3.8, 4) is 5.75 Å². The van der Waals surface area contributed by atoms with Crippen LogP contribution in [0.15, 0.2) is 30.5 Å². The van der Waals surface area contributed by atoms with Gasteiger partial charge in [0.2, 0.25) is 5.95 Å². The molecule has 1 saturated heterocycles. The fourth-order valence-corrected chi connectivity index (χ4v) is 4.93. The number of halogens is 7. The lowest BCUT2D eigenvalue weighted by Gasteiger charge is -2.41. The summed E-state index contributed by atoms with van der Waals surface area (Å²) in [7, 11) is 0. The molecule has 7 nitrogen and oxygen atoms in total. The second kappa shape index (κ2) is 9.89. The van der Waals surface area contributed by atoms with E-state index in [2.05, 4.69) is 15.4 Å².